The summed E-state index contributed by atoms with van der Waals surface area (Å²) in [6, 6.07) is 23.4. The summed E-state index contributed by atoms with van der Waals surface area (Å²) in [5.74, 6) is 0.184. The van der Waals surface area contributed by atoms with Crippen molar-refractivity contribution >= 4 is 27.5 Å². The highest BCUT2D eigenvalue weighted by molar-refractivity contribution is 7.92. The van der Waals surface area contributed by atoms with Crippen molar-refractivity contribution < 1.29 is 22.7 Å². The van der Waals surface area contributed by atoms with Crippen LogP contribution in [0.4, 0.5) is 5.69 Å². The van der Waals surface area contributed by atoms with Crippen molar-refractivity contribution in [1.29, 1.82) is 0 Å². The second-order valence-corrected chi connectivity index (χ2v) is 12.4. The van der Waals surface area contributed by atoms with Gasteiger partial charge in [-0.15, -0.1) is 0 Å². The summed E-state index contributed by atoms with van der Waals surface area (Å²) >= 11 is 0. The Hall–Kier alpha value is -3.85. The van der Waals surface area contributed by atoms with E-state index in [-0.39, 0.29) is 43.8 Å². The molecule has 220 valence electrons. The zero-order valence-electron chi connectivity index (χ0n) is 24.5. The SMILES string of the molecule is COc1ccc(N(CCCC(=O)N(Cc2cccc(C)c2)[C@H](Cc2ccccc2)C(=O)NC(C)C)S(C)(=O)=O)cc1. The van der Waals surface area contributed by atoms with Crippen molar-refractivity contribution in [3.63, 3.8) is 0 Å². The lowest BCUT2D eigenvalue weighted by Gasteiger charge is -2.32. The molecule has 0 bridgehead atoms. The molecule has 0 fully saturated rings. The lowest BCUT2D eigenvalue weighted by molar-refractivity contribution is -0.141. The van der Waals surface area contributed by atoms with Crippen LogP contribution in [0, 0.1) is 6.92 Å². The number of carbonyl (C=O) groups is 2. The van der Waals surface area contributed by atoms with Crippen molar-refractivity contribution in [1.82, 2.24) is 10.2 Å². The van der Waals surface area contributed by atoms with E-state index in [0.717, 1.165) is 22.9 Å². The number of methoxy groups -OCH3 is 1. The second kappa shape index (κ2) is 14.7. The van der Waals surface area contributed by atoms with Crippen molar-refractivity contribution in [2.75, 3.05) is 24.2 Å². The third-order valence-corrected chi connectivity index (χ3v) is 7.84. The van der Waals surface area contributed by atoms with Gasteiger partial charge in [0.2, 0.25) is 21.8 Å². The van der Waals surface area contributed by atoms with Gasteiger partial charge in [0.25, 0.3) is 0 Å². The van der Waals surface area contributed by atoms with Crippen LogP contribution >= 0.6 is 0 Å². The minimum absolute atomic E-state index is 0.0776. The van der Waals surface area contributed by atoms with Gasteiger partial charge >= 0.3 is 0 Å². The molecule has 0 saturated carbocycles. The normalized spacial score (nSPS) is 12.0. The van der Waals surface area contributed by atoms with E-state index >= 15 is 0 Å². The van der Waals surface area contributed by atoms with Gasteiger partial charge in [-0.3, -0.25) is 13.9 Å². The molecule has 3 aromatic rings. The first-order valence-electron chi connectivity index (χ1n) is 13.8. The fourth-order valence-electron chi connectivity index (χ4n) is 4.69. The second-order valence-electron chi connectivity index (χ2n) is 10.5. The van der Waals surface area contributed by atoms with Crippen LogP contribution in [0.2, 0.25) is 0 Å². The van der Waals surface area contributed by atoms with Crippen molar-refractivity contribution in [2.24, 2.45) is 0 Å². The largest absolute Gasteiger partial charge is 0.497 e. The summed E-state index contributed by atoms with van der Waals surface area (Å²) < 4.78 is 31.7. The lowest BCUT2D eigenvalue weighted by Crippen LogP contribution is -2.51. The number of benzene rings is 3. The van der Waals surface area contributed by atoms with E-state index < -0.39 is 16.1 Å². The molecule has 9 heteroatoms. The Morgan fingerprint density at radius 3 is 2.17 bits per heavy atom. The number of hydrogen-bond donors (Lipinski definition) is 1. The molecule has 0 aromatic heterocycles. The number of rotatable bonds is 14. The van der Waals surface area contributed by atoms with Crippen LogP contribution in [0.1, 0.15) is 43.4 Å². The van der Waals surface area contributed by atoms with Gasteiger partial charge in [-0.05, 0) is 62.6 Å². The van der Waals surface area contributed by atoms with Crippen LogP contribution in [-0.4, -0.2) is 57.1 Å². The Kier molecular flexibility index (Phi) is 11.3. The number of aryl methyl sites for hydroxylation is 1. The molecule has 0 aliphatic rings. The number of ether oxygens (including phenoxy) is 1. The zero-order chi connectivity index (χ0) is 30.0. The first-order chi connectivity index (χ1) is 19.5. The third-order valence-electron chi connectivity index (χ3n) is 6.65. The molecule has 3 aromatic carbocycles. The zero-order valence-corrected chi connectivity index (χ0v) is 25.4. The standard InChI is InChI=1S/C32H41N3O5S/c1-24(2)33-32(37)30(22-26-12-7-6-8-13-26)34(23-27-14-9-11-25(3)21-27)31(36)15-10-20-35(41(5,38)39)28-16-18-29(40-4)19-17-28/h6-9,11-14,16-19,21,24,30H,10,15,20,22-23H2,1-5H3,(H,33,37)/t30-/m1/s1. The number of nitrogens with zero attached hydrogens (tertiary/aromatic N) is 2. The third kappa shape index (κ3) is 9.63. The highest BCUT2D eigenvalue weighted by Gasteiger charge is 2.31. The molecule has 3 rings (SSSR count). The molecule has 1 N–H and O–H groups in total. The van der Waals surface area contributed by atoms with E-state index in [1.807, 2.05) is 75.4 Å². The molecular weight excluding hydrogens is 538 g/mol. The van der Waals surface area contributed by atoms with E-state index in [1.165, 1.54) is 4.31 Å². The van der Waals surface area contributed by atoms with Gasteiger partial charge in [-0.25, -0.2) is 8.42 Å². The topological polar surface area (TPSA) is 96.0 Å². The summed E-state index contributed by atoms with van der Waals surface area (Å²) in [4.78, 5) is 29.0. The van der Waals surface area contributed by atoms with Crippen LogP contribution in [0.3, 0.4) is 0 Å². The molecular formula is C32H41N3O5S. The summed E-state index contributed by atoms with van der Waals surface area (Å²) in [7, 11) is -2.04. The average Bonchev–Trinajstić information content (AvgIpc) is 2.92. The monoisotopic (exact) mass is 579 g/mol. The first-order valence-corrected chi connectivity index (χ1v) is 15.6. The van der Waals surface area contributed by atoms with Crippen LogP contribution in [0.15, 0.2) is 78.9 Å². The van der Waals surface area contributed by atoms with E-state index in [4.69, 9.17) is 4.74 Å². The molecule has 1 atom stereocenters. The predicted octanol–water partition coefficient (Wildman–Crippen LogP) is 4.71. The van der Waals surface area contributed by atoms with Gasteiger partial charge < -0.3 is 15.0 Å². The van der Waals surface area contributed by atoms with Crippen molar-refractivity contribution in [3.05, 3.63) is 95.6 Å². The Balaban J connectivity index is 1.87. The fourth-order valence-corrected chi connectivity index (χ4v) is 5.66. The van der Waals surface area contributed by atoms with E-state index in [1.54, 1.807) is 36.3 Å². The highest BCUT2D eigenvalue weighted by atomic mass is 32.2. The molecule has 2 amide bonds. The number of hydrogen-bond acceptors (Lipinski definition) is 5. The fraction of sp³-hybridized carbons (Fsp3) is 0.375. The van der Waals surface area contributed by atoms with Gasteiger partial charge in [0, 0.05) is 32.0 Å². The minimum Gasteiger partial charge on any atom is -0.497 e. The minimum atomic E-state index is -3.59. The molecule has 0 aliphatic carbocycles. The molecule has 0 spiro atoms. The molecule has 8 nitrogen and oxygen atoms in total. The molecule has 0 saturated heterocycles. The molecule has 0 aliphatic heterocycles. The predicted molar refractivity (Wildman–Crippen MR) is 163 cm³/mol. The molecule has 0 radical (unpaired) electrons. The summed E-state index contributed by atoms with van der Waals surface area (Å²) in [6.07, 6.45) is 1.87. The Morgan fingerprint density at radius 2 is 1.59 bits per heavy atom. The Morgan fingerprint density at radius 1 is 0.927 bits per heavy atom. The van der Waals surface area contributed by atoms with Gasteiger partial charge in [-0.1, -0.05) is 60.2 Å². The Bertz CT molecular complexity index is 1390. The van der Waals surface area contributed by atoms with Crippen LogP contribution in [0.5, 0.6) is 5.75 Å². The van der Waals surface area contributed by atoms with Gasteiger partial charge in [0.05, 0.1) is 19.1 Å². The van der Waals surface area contributed by atoms with Gasteiger partial charge in [0.15, 0.2) is 0 Å². The van der Waals surface area contributed by atoms with Crippen LogP contribution in [0.25, 0.3) is 0 Å². The van der Waals surface area contributed by atoms with E-state index in [0.29, 0.717) is 17.9 Å². The van der Waals surface area contributed by atoms with E-state index in [2.05, 4.69) is 5.32 Å². The molecule has 0 heterocycles. The number of sulfonamides is 1. The molecule has 0 unspecified atom stereocenters. The van der Waals surface area contributed by atoms with E-state index in [9.17, 15) is 18.0 Å². The average molecular weight is 580 g/mol. The summed E-state index contributed by atoms with van der Waals surface area (Å²) in [5.41, 5.74) is 3.42. The highest BCUT2D eigenvalue weighted by Crippen LogP contribution is 2.23. The summed E-state index contributed by atoms with van der Waals surface area (Å²) in [6.45, 7) is 6.16. The summed E-state index contributed by atoms with van der Waals surface area (Å²) in [5, 5.41) is 2.99. The Labute approximate surface area is 244 Å². The van der Waals surface area contributed by atoms with Crippen LogP contribution in [-0.2, 0) is 32.6 Å². The molecule has 41 heavy (non-hydrogen) atoms. The number of nitrogens with one attached hydrogen (secondary N) is 1. The maximum Gasteiger partial charge on any atom is 0.243 e. The quantitative estimate of drug-likeness (QED) is 0.298. The maximum absolute atomic E-state index is 13.9. The maximum atomic E-state index is 13.9. The number of amides is 2. The smallest absolute Gasteiger partial charge is 0.243 e. The van der Waals surface area contributed by atoms with Gasteiger partial charge in [0.1, 0.15) is 11.8 Å². The van der Waals surface area contributed by atoms with Gasteiger partial charge in [-0.2, -0.15) is 0 Å². The number of anilines is 1. The van der Waals surface area contributed by atoms with Crippen molar-refractivity contribution in [3.8, 4) is 5.75 Å². The van der Waals surface area contributed by atoms with Crippen LogP contribution < -0.4 is 14.4 Å². The first kappa shape index (κ1) is 31.7. The number of carbonyl (C=O) groups excluding carboxylic acids is 2. The lowest BCUT2D eigenvalue weighted by atomic mass is 10.0. The van der Waals surface area contributed by atoms with Crippen molar-refractivity contribution in [2.45, 2.75) is 58.7 Å².